The highest BCUT2D eigenvalue weighted by atomic mass is 32.2. The van der Waals surface area contributed by atoms with Crippen molar-refractivity contribution in [1.29, 1.82) is 0 Å². The van der Waals surface area contributed by atoms with Crippen LogP contribution in [0.5, 0.6) is 0 Å². The molecule has 0 fully saturated rings. The molecule has 0 heterocycles. The third-order valence-electron chi connectivity index (χ3n) is 3.43. The van der Waals surface area contributed by atoms with E-state index < -0.39 is 21.8 Å². The van der Waals surface area contributed by atoms with E-state index in [1.165, 1.54) is 25.2 Å². The van der Waals surface area contributed by atoms with Gasteiger partial charge in [0.1, 0.15) is 0 Å². The molecule has 7 nitrogen and oxygen atoms in total. The molecule has 0 saturated heterocycles. The standard InChI is InChI=1S/C16H17N3O4S/c1-19(24(2,22)23)14-10-6-4-8-12(14)16(21)18-13-9-5-3-7-11(13)15(17)20/h3-10H,1-2H3,(H2,17,20)(H,18,21). The van der Waals surface area contributed by atoms with Crippen LogP contribution in [0, 0.1) is 0 Å². The molecule has 0 spiro atoms. The Morgan fingerprint density at radius 1 is 1.00 bits per heavy atom. The molecule has 0 bridgehead atoms. The van der Waals surface area contributed by atoms with Crippen LogP contribution in [-0.4, -0.2) is 33.5 Å². The van der Waals surface area contributed by atoms with Gasteiger partial charge in [-0.25, -0.2) is 8.42 Å². The zero-order valence-corrected chi connectivity index (χ0v) is 14.0. The lowest BCUT2D eigenvalue weighted by atomic mass is 10.1. The number of para-hydroxylation sites is 2. The van der Waals surface area contributed by atoms with Crippen LogP contribution in [0.3, 0.4) is 0 Å². The number of anilines is 2. The van der Waals surface area contributed by atoms with Gasteiger partial charge in [-0.1, -0.05) is 24.3 Å². The van der Waals surface area contributed by atoms with E-state index in [0.29, 0.717) is 0 Å². The first-order chi connectivity index (χ1) is 11.2. The van der Waals surface area contributed by atoms with Gasteiger partial charge in [-0.15, -0.1) is 0 Å². The van der Waals surface area contributed by atoms with E-state index >= 15 is 0 Å². The van der Waals surface area contributed by atoms with E-state index in [-0.39, 0.29) is 22.5 Å². The minimum atomic E-state index is -3.53. The Bertz CT molecular complexity index is 894. The number of hydrogen-bond acceptors (Lipinski definition) is 4. The Morgan fingerprint density at radius 2 is 1.54 bits per heavy atom. The zero-order chi connectivity index (χ0) is 17.9. The minimum absolute atomic E-state index is 0.157. The maximum Gasteiger partial charge on any atom is 0.257 e. The number of carbonyl (C=O) groups excluding carboxylic acids is 2. The van der Waals surface area contributed by atoms with Crippen LogP contribution >= 0.6 is 0 Å². The molecule has 2 rings (SSSR count). The van der Waals surface area contributed by atoms with Crippen LogP contribution in [0.2, 0.25) is 0 Å². The van der Waals surface area contributed by atoms with E-state index in [1.54, 1.807) is 30.3 Å². The average molecular weight is 347 g/mol. The number of rotatable bonds is 5. The van der Waals surface area contributed by atoms with Crippen molar-refractivity contribution in [3.8, 4) is 0 Å². The van der Waals surface area contributed by atoms with Gasteiger partial charge in [-0.3, -0.25) is 13.9 Å². The molecule has 2 aromatic carbocycles. The molecule has 0 aromatic heterocycles. The fourth-order valence-corrected chi connectivity index (χ4v) is 2.63. The fraction of sp³-hybridized carbons (Fsp3) is 0.125. The molecule has 0 atom stereocenters. The van der Waals surface area contributed by atoms with Gasteiger partial charge in [-0.2, -0.15) is 0 Å². The van der Waals surface area contributed by atoms with Gasteiger partial charge in [0.25, 0.3) is 11.8 Å². The number of hydrogen-bond donors (Lipinski definition) is 2. The van der Waals surface area contributed by atoms with E-state index in [9.17, 15) is 18.0 Å². The lowest BCUT2D eigenvalue weighted by Gasteiger charge is -2.20. The van der Waals surface area contributed by atoms with Crippen LogP contribution in [0.1, 0.15) is 20.7 Å². The molecule has 8 heteroatoms. The van der Waals surface area contributed by atoms with Gasteiger partial charge in [0.15, 0.2) is 0 Å². The van der Waals surface area contributed by atoms with Crippen LogP contribution in [-0.2, 0) is 10.0 Å². The van der Waals surface area contributed by atoms with Gasteiger partial charge in [-0.05, 0) is 24.3 Å². The van der Waals surface area contributed by atoms with Crippen molar-refractivity contribution in [2.45, 2.75) is 0 Å². The fourth-order valence-electron chi connectivity index (χ4n) is 2.12. The highest BCUT2D eigenvalue weighted by Crippen LogP contribution is 2.23. The number of benzene rings is 2. The number of amides is 2. The van der Waals surface area contributed by atoms with Crippen molar-refractivity contribution in [2.24, 2.45) is 5.73 Å². The summed E-state index contributed by atoms with van der Waals surface area (Å²) in [4.78, 5) is 24.0. The summed E-state index contributed by atoms with van der Waals surface area (Å²) in [5, 5.41) is 2.59. The van der Waals surface area contributed by atoms with Crippen LogP contribution in [0.25, 0.3) is 0 Å². The first kappa shape index (κ1) is 17.5. The summed E-state index contributed by atoms with van der Waals surface area (Å²) in [7, 11) is -2.17. The van der Waals surface area contributed by atoms with Gasteiger partial charge >= 0.3 is 0 Å². The second-order valence-corrected chi connectivity index (χ2v) is 7.13. The van der Waals surface area contributed by atoms with Crippen molar-refractivity contribution in [3.63, 3.8) is 0 Å². The SMILES string of the molecule is CN(c1ccccc1C(=O)Nc1ccccc1C(N)=O)S(C)(=O)=O. The Morgan fingerprint density at radius 3 is 2.12 bits per heavy atom. The third kappa shape index (κ3) is 3.72. The topological polar surface area (TPSA) is 110 Å². The number of nitrogens with two attached hydrogens (primary N) is 1. The first-order valence-electron chi connectivity index (χ1n) is 6.95. The Labute approximate surface area is 140 Å². The summed E-state index contributed by atoms with van der Waals surface area (Å²) < 4.78 is 24.5. The van der Waals surface area contributed by atoms with Crippen molar-refractivity contribution >= 4 is 33.2 Å². The molecule has 0 aliphatic heterocycles. The van der Waals surface area contributed by atoms with Gasteiger partial charge < -0.3 is 11.1 Å². The Balaban J connectivity index is 2.41. The molecule has 2 aromatic rings. The second kappa shape index (κ2) is 6.71. The smallest absolute Gasteiger partial charge is 0.257 e. The molecule has 0 unspecified atom stereocenters. The molecule has 3 N–H and O–H groups in total. The van der Waals surface area contributed by atoms with Crippen molar-refractivity contribution in [2.75, 3.05) is 22.9 Å². The van der Waals surface area contributed by atoms with E-state index in [2.05, 4.69) is 5.32 Å². The lowest BCUT2D eigenvalue weighted by molar-refractivity contribution is 0.100. The molecule has 126 valence electrons. The van der Waals surface area contributed by atoms with Crippen LogP contribution in [0.4, 0.5) is 11.4 Å². The molecule has 2 amide bonds. The van der Waals surface area contributed by atoms with Gasteiger partial charge in [0.05, 0.1) is 28.8 Å². The molecular formula is C16H17N3O4S. The molecular weight excluding hydrogens is 330 g/mol. The number of carbonyl (C=O) groups is 2. The highest BCUT2D eigenvalue weighted by Gasteiger charge is 2.20. The monoisotopic (exact) mass is 347 g/mol. The summed E-state index contributed by atoms with van der Waals surface area (Å²) in [6.07, 6.45) is 1.05. The summed E-state index contributed by atoms with van der Waals surface area (Å²) in [6, 6.07) is 12.6. The second-order valence-electron chi connectivity index (χ2n) is 5.11. The molecule has 0 aliphatic carbocycles. The normalized spacial score (nSPS) is 10.9. The van der Waals surface area contributed by atoms with Crippen molar-refractivity contribution < 1.29 is 18.0 Å². The van der Waals surface area contributed by atoms with Crippen molar-refractivity contribution in [3.05, 3.63) is 59.7 Å². The minimum Gasteiger partial charge on any atom is -0.366 e. The number of nitrogens with one attached hydrogen (secondary N) is 1. The highest BCUT2D eigenvalue weighted by molar-refractivity contribution is 7.92. The Hall–Kier alpha value is -2.87. The number of nitrogens with zero attached hydrogens (tertiary/aromatic N) is 1. The van der Waals surface area contributed by atoms with E-state index in [1.807, 2.05) is 0 Å². The van der Waals surface area contributed by atoms with Gasteiger partial charge in [0, 0.05) is 7.05 Å². The Kier molecular flexibility index (Phi) is 4.89. The number of sulfonamides is 1. The summed E-state index contributed by atoms with van der Waals surface area (Å²) in [6.45, 7) is 0. The largest absolute Gasteiger partial charge is 0.366 e. The average Bonchev–Trinajstić information content (AvgIpc) is 2.53. The lowest BCUT2D eigenvalue weighted by Crippen LogP contribution is -2.28. The van der Waals surface area contributed by atoms with Crippen LogP contribution in [0.15, 0.2) is 48.5 Å². The summed E-state index contributed by atoms with van der Waals surface area (Å²) >= 11 is 0. The zero-order valence-electron chi connectivity index (χ0n) is 13.2. The summed E-state index contributed by atoms with van der Waals surface area (Å²) in [5.41, 5.74) is 6.10. The quantitative estimate of drug-likeness (QED) is 0.852. The maximum atomic E-state index is 12.6. The predicted molar refractivity (Wildman–Crippen MR) is 92.6 cm³/mol. The summed E-state index contributed by atoms with van der Waals surface area (Å²) in [5.74, 6) is -1.22. The first-order valence-corrected chi connectivity index (χ1v) is 8.79. The molecule has 0 aliphatic rings. The molecule has 24 heavy (non-hydrogen) atoms. The molecule has 0 saturated carbocycles. The van der Waals surface area contributed by atoms with Gasteiger partial charge in [0.2, 0.25) is 10.0 Å². The maximum absolute atomic E-state index is 12.6. The van der Waals surface area contributed by atoms with E-state index in [4.69, 9.17) is 5.73 Å². The third-order valence-corrected chi connectivity index (χ3v) is 4.62. The van der Waals surface area contributed by atoms with E-state index in [0.717, 1.165) is 10.6 Å². The van der Waals surface area contributed by atoms with Crippen molar-refractivity contribution in [1.82, 2.24) is 0 Å². The molecule has 0 radical (unpaired) electrons. The number of primary amides is 1. The predicted octanol–water partition coefficient (Wildman–Crippen LogP) is 1.43. The van der Waals surface area contributed by atoms with Crippen LogP contribution < -0.4 is 15.4 Å².